The van der Waals surface area contributed by atoms with E-state index in [-0.39, 0.29) is 20.7 Å². The van der Waals surface area contributed by atoms with Crippen molar-refractivity contribution in [3.05, 3.63) is 0 Å². The molecule has 0 aliphatic carbocycles. The molecule has 0 aromatic heterocycles. The summed E-state index contributed by atoms with van der Waals surface area (Å²) in [6.07, 6.45) is 1.07. The van der Waals surface area contributed by atoms with E-state index in [9.17, 15) is 9.59 Å². The number of hydrogen-bond donors (Lipinski definition) is 2. The maximum Gasteiger partial charge on any atom is 0.221 e. The summed E-state index contributed by atoms with van der Waals surface area (Å²) >= 11 is 0. The van der Waals surface area contributed by atoms with Gasteiger partial charge in [-0.15, -0.1) is 0 Å². The van der Waals surface area contributed by atoms with Crippen LogP contribution in [0.5, 0.6) is 0 Å². The van der Waals surface area contributed by atoms with Crippen molar-refractivity contribution < 1.29 is 12.4 Å². The average molecular weight is 268 g/mol. The third-order valence-corrected chi connectivity index (χ3v) is 4.04. The minimum absolute atomic E-state index is 0. The maximum absolute atomic E-state index is 11.2. The monoisotopic (exact) mass is 268 g/mol. The number of nitrogens with one attached hydrogen (secondary N) is 2. The topological polar surface area (TPSA) is 58.2 Å². The second-order valence-corrected chi connectivity index (χ2v) is 6.24. The minimum atomic E-state index is 0. The fourth-order valence-corrected chi connectivity index (χ4v) is 2.89. The Morgan fingerprint density at radius 3 is 2.06 bits per heavy atom. The van der Waals surface area contributed by atoms with Crippen molar-refractivity contribution in [2.45, 2.75) is 32.7 Å². The minimum Gasteiger partial charge on any atom is -0.359 e. The Morgan fingerprint density at radius 1 is 1.12 bits per heavy atom. The van der Waals surface area contributed by atoms with Gasteiger partial charge >= 0.3 is 0 Å². The van der Waals surface area contributed by atoms with Gasteiger partial charge in [0.25, 0.3) is 0 Å². The van der Waals surface area contributed by atoms with E-state index >= 15 is 0 Å². The number of carbonyl (C=O) groups is 2. The van der Waals surface area contributed by atoms with E-state index in [1.54, 1.807) is 28.6 Å². The smallest absolute Gasteiger partial charge is 0.221 e. The van der Waals surface area contributed by atoms with Crippen LogP contribution >= 0.6 is 21.6 Å². The molecule has 4 nitrogen and oxygen atoms in total. The number of hydrogen-bond acceptors (Lipinski definition) is 4. The van der Waals surface area contributed by atoms with Crippen molar-refractivity contribution in [3.8, 4) is 0 Å². The van der Waals surface area contributed by atoms with Gasteiger partial charge < -0.3 is 10.6 Å². The lowest BCUT2D eigenvalue weighted by molar-refractivity contribution is -0.121. The first-order valence-corrected chi connectivity index (χ1v) is 7.79. The largest absolute Gasteiger partial charge is 0.359 e. The molecule has 0 heterocycles. The first-order chi connectivity index (χ1) is 7.56. The van der Waals surface area contributed by atoms with E-state index in [0.717, 1.165) is 11.5 Å². The van der Waals surface area contributed by atoms with E-state index in [1.165, 1.54) is 0 Å². The molecule has 0 aromatic carbocycles. The summed E-state index contributed by atoms with van der Waals surface area (Å²) in [6.45, 7) is 3.90. The molecule has 0 spiro atoms. The van der Waals surface area contributed by atoms with E-state index < -0.39 is 0 Å². The molecule has 0 aromatic rings. The summed E-state index contributed by atoms with van der Waals surface area (Å²) in [7, 11) is 4.91. The molecule has 2 amide bonds. The highest BCUT2D eigenvalue weighted by Crippen LogP contribution is 2.22. The molecule has 0 atom stereocenters. The van der Waals surface area contributed by atoms with Crippen molar-refractivity contribution >= 4 is 33.4 Å². The molecule has 6 heteroatoms. The molecule has 16 heavy (non-hydrogen) atoms. The van der Waals surface area contributed by atoms with Crippen molar-refractivity contribution in [2.75, 3.05) is 18.6 Å². The Kier molecular flexibility index (Phi) is 9.62. The third-order valence-electron chi connectivity index (χ3n) is 1.64. The highest BCUT2D eigenvalue weighted by Gasteiger charge is 2.03. The van der Waals surface area contributed by atoms with E-state index in [2.05, 4.69) is 10.6 Å². The van der Waals surface area contributed by atoms with Crippen LogP contribution in [-0.4, -0.2) is 36.4 Å². The third kappa shape index (κ3) is 10.2. The first-order valence-electron chi connectivity index (χ1n) is 5.30. The molecule has 0 saturated carbocycles. The molecular formula is C10H24N2O2S2. The zero-order valence-electron chi connectivity index (χ0n) is 10.0. The van der Waals surface area contributed by atoms with Crippen LogP contribution < -0.4 is 10.6 Å². The molecule has 0 saturated heterocycles. The van der Waals surface area contributed by atoms with Gasteiger partial charge in [0.05, 0.1) is 0 Å². The summed E-state index contributed by atoms with van der Waals surface area (Å²) in [4.78, 5) is 22.1. The average Bonchev–Trinajstić information content (AvgIpc) is 2.21. The highest BCUT2D eigenvalue weighted by molar-refractivity contribution is 8.76. The molecule has 0 radical (unpaired) electrons. The van der Waals surface area contributed by atoms with Crippen LogP contribution in [0.25, 0.3) is 0 Å². The second kappa shape index (κ2) is 9.84. The fourth-order valence-electron chi connectivity index (χ4n) is 0.906. The Labute approximate surface area is 108 Å². The van der Waals surface area contributed by atoms with Gasteiger partial charge in [0.1, 0.15) is 0 Å². The van der Waals surface area contributed by atoms with Crippen LogP contribution in [0.1, 0.15) is 29.5 Å². The Morgan fingerprint density at radius 2 is 1.62 bits per heavy atom. The fraction of sp³-hybridized carbons (Fsp3) is 0.800. The van der Waals surface area contributed by atoms with Gasteiger partial charge in [-0.05, 0) is 13.8 Å². The lowest BCUT2D eigenvalue weighted by atomic mass is 10.3. The molecule has 98 valence electrons. The zero-order chi connectivity index (χ0) is 12.4. The van der Waals surface area contributed by atoms with Gasteiger partial charge in [-0.25, -0.2) is 0 Å². The van der Waals surface area contributed by atoms with Gasteiger partial charge in [0, 0.05) is 40.3 Å². The van der Waals surface area contributed by atoms with Gasteiger partial charge in [0.2, 0.25) is 11.8 Å². The molecule has 0 unspecified atom stereocenters. The Bertz CT molecular complexity index is 232. The lowest BCUT2D eigenvalue weighted by Gasteiger charge is -2.07. The molecule has 0 aliphatic heterocycles. The number of carbonyl (C=O) groups excluding carboxylic acids is 2. The molecular weight excluding hydrogens is 244 g/mol. The molecule has 2 N–H and O–H groups in total. The van der Waals surface area contributed by atoms with E-state index in [0.29, 0.717) is 12.8 Å². The lowest BCUT2D eigenvalue weighted by Crippen LogP contribution is -2.30. The standard InChI is InChI=1S/C10H20N2O2S2.2H2/c1-8(2)12-10(14)5-7-16-15-6-4-9(13)11-3;;/h8H,4-7H2,1-3H3,(H,11,13)(H,12,14);2*1H. The molecule has 0 rings (SSSR count). The van der Waals surface area contributed by atoms with Gasteiger partial charge in [-0.2, -0.15) is 0 Å². The highest BCUT2D eigenvalue weighted by atomic mass is 33.1. The van der Waals surface area contributed by atoms with Crippen molar-refractivity contribution in [2.24, 2.45) is 0 Å². The molecule has 0 bridgehead atoms. The van der Waals surface area contributed by atoms with Crippen molar-refractivity contribution in [1.82, 2.24) is 10.6 Å². The van der Waals surface area contributed by atoms with Crippen LogP contribution in [0, 0.1) is 0 Å². The van der Waals surface area contributed by atoms with E-state index in [4.69, 9.17) is 0 Å². The van der Waals surface area contributed by atoms with Crippen LogP contribution in [0.4, 0.5) is 0 Å². The maximum atomic E-state index is 11.2. The molecule has 0 fully saturated rings. The van der Waals surface area contributed by atoms with Crippen LogP contribution in [0.15, 0.2) is 0 Å². The molecule has 0 aliphatic rings. The Balaban J connectivity index is -0.00000112. The summed E-state index contributed by atoms with van der Waals surface area (Å²) in [5.74, 6) is 1.73. The van der Waals surface area contributed by atoms with Crippen molar-refractivity contribution in [1.29, 1.82) is 0 Å². The Hall–Kier alpha value is -0.360. The summed E-state index contributed by atoms with van der Waals surface area (Å²) < 4.78 is 0. The van der Waals surface area contributed by atoms with Gasteiger partial charge in [0.15, 0.2) is 0 Å². The van der Waals surface area contributed by atoms with Gasteiger partial charge in [-0.3, -0.25) is 9.59 Å². The van der Waals surface area contributed by atoms with E-state index in [1.807, 2.05) is 13.8 Å². The predicted octanol–water partition coefficient (Wildman–Crippen LogP) is 1.91. The second-order valence-electron chi connectivity index (χ2n) is 3.54. The van der Waals surface area contributed by atoms with Crippen LogP contribution in [-0.2, 0) is 9.59 Å². The summed E-state index contributed by atoms with van der Waals surface area (Å²) in [5.41, 5.74) is 0. The summed E-state index contributed by atoms with van der Waals surface area (Å²) in [5, 5.41) is 5.41. The van der Waals surface area contributed by atoms with Gasteiger partial charge in [-0.1, -0.05) is 21.6 Å². The van der Waals surface area contributed by atoms with Crippen LogP contribution in [0.3, 0.4) is 0 Å². The zero-order valence-corrected chi connectivity index (χ0v) is 11.7. The number of amides is 2. The summed E-state index contributed by atoms with van der Waals surface area (Å²) in [6, 6.07) is 0.207. The number of rotatable bonds is 8. The quantitative estimate of drug-likeness (QED) is 0.521. The first kappa shape index (κ1) is 15.6. The van der Waals surface area contributed by atoms with Crippen molar-refractivity contribution in [3.63, 3.8) is 0 Å². The normalized spacial score (nSPS) is 10.2. The SMILES string of the molecule is CNC(=O)CCSSCCC(=O)NC(C)C.[HH].[HH]. The van der Waals surface area contributed by atoms with Crippen LogP contribution in [0.2, 0.25) is 0 Å². The predicted molar refractivity (Wildman–Crippen MR) is 75.7 cm³/mol.